The minimum Gasteiger partial charge on any atom is -0.484 e. The summed E-state index contributed by atoms with van der Waals surface area (Å²) in [5, 5.41) is 9.06. The van der Waals surface area contributed by atoms with Crippen molar-refractivity contribution in [2.75, 3.05) is 32.7 Å². The molecule has 1 amide bonds. The number of halogens is 1. The Morgan fingerprint density at radius 1 is 1.12 bits per heavy atom. The molecule has 0 radical (unpaired) electrons. The topological polar surface area (TPSA) is 70.1 Å². The Kier molecular flexibility index (Phi) is 9.40. The van der Waals surface area contributed by atoms with E-state index in [0.717, 1.165) is 0 Å². The van der Waals surface area contributed by atoms with Gasteiger partial charge in [-0.3, -0.25) is 9.69 Å². The van der Waals surface area contributed by atoms with Gasteiger partial charge < -0.3 is 14.7 Å². The summed E-state index contributed by atoms with van der Waals surface area (Å²) in [6, 6.07) is 11.2. The number of piperazine rings is 1. The number of hydrogen-bond donors (Lipinski definition) is 1. The van der Waals surface area contributed by atoms with Crippen molar-refractivity contribution in [2.24, 2.45) is 0 Å². The summed E-state index contributed by atoms with van der Waals surface area (Å²) < 4.78 is 20.3. The van der Waals surface area contributed by atoms with E-state index in [0.29, 0.717) is 49.6 Å². The summed E-state index contributed by atoms with van der Waals surface area (Å²) in [7, 11) is 0. The number of carboxylic acids is 1. The fourth-order valence-corrected chi connectivity index (χ4v) is 3.37. The third kappa shape index (κ3) is 6.65. The van der Waals surface area contributed by atoms with Crippen LogP contribution in [0.4, 0.5) is 4.39 Å². The molecule has 0 bridgehead atoms. The monoisotopic (exact) mass is 442 g/mol. The quantitative estimate of drug-likeness (QED) is 0.647. The van der Waals surface area contributed by atoms with Crippen LogP contribution in [-0.2, 0) is 4.79 Å². The highest BCUT2D eigenvalue weighted by atomic mass is 19.1. The Bertz CT molecular complexity index is 922. The third-order valence-corrected chi connectivity index (χ3v) is 5.23. The van der Waals surface area contributed by atoms with Crippen molar-refractivity contribution in [2.45, 2.75) is 26.9 Å². The van der Waals surface area contributed by atoms with Gasteiger partial charge in [-0.1, -0.05) is 32.6 Å². The van der Waals surface area contributed by atoms with Gasteiger partial charge in [-0.15, -0.1) is 0 Å². The lowest BCUT2D eigenvalue weighted by Crippen LogP contribution is -2.49. The number of aromatic carboxylic acids is 1. The molecule has 2 aromatic carbocycles. The minimum atomic E-state index is -1.01. The molecular weight excluding hydrogens is 411 g/mol. The third-order valence-electron chi connectivity index (χ3n) is 5.23. The Balaban J connectivity index is 0.00000176. The van der Waals surface area contributed by atoms with Crippen molar-refractivity contribution in [1.82, 2.24) is 9.80 Å². The molecule has 1 atom stereocenters. The SMILES string of the molecule is C=CC(=O)N1CCN(CC(Oc2ccc(C(=O)O)cc2)c2ccc(C)c(F)c2)CC1.CC. The van der Waals surface area contributed by atoms with E-state index >= 15 is 0 Å². The van der Waals surface area contributed by atoms with E-state index in [9.17, 15) is 14.0 Å². The van der Waals surface area contributed by atoms with Gasteiger partial charge in [0.15, 0.2) is 0 Å². The van der Waals surface area contributed by atoms with Crippen LogP contribution < -0.4 is 4.74 Å². The van der Waals surface area contributed by atoms with Gasteiger partial charge in [0, 0.05) is 32.7 Å². The minimum absolute atomic E-state index is 0.0819. The van der Waals surface area contributed by atoms with Crippen molar-refractivity contribution in [3.63, 3.8) is 0 Å². The predicted octanol–water partition coefficient (Wildman–Crippen LogP) is 4.31. The second-order valence-electron chi connectivity index (χ2n) is 7.27. The first-order valence-electron chi connectivity index (χ1n) is 10.8. The lowest BCUT2D eigenvalue weighted by Gasteiger charge is -2.36. The summed E-state index contributed by atoms with van der Waals surface area (Å²) in [4.78, 5) is 26.8. The molecule has 1 saturated heterocycles. The van der Waals surface area contributed by atoms with Gasteiger partial charge in [0.1, 0.15) is 17.7 Å². The second-order valence-corrected chi connectivity index (χ2v) is 7.27. The predicted molar refractivity (Wildman–Crippen MR) is 122 cm³/mol. The van der Waals surface area contributed by atoms with Crippen molar-refractivity contribution in [3.05, 3.63) is 77.6 Å². The Labute approximate surface area is 188 Å². The van der Waals surface area contributed by atoms with Gasteiger partial charge in [-0.05, 0) is 54.5 Å². The average molecular weight is 443 g/mol. The molecule has 1 aliphatic heterocycles. The van der Waals surface area contributed by atoms with Crippen LogP contribution in [0.25, 0.3) is 0 Å². The van der Waals surface area contributed by atoms with Crippen LogP contribution >= 0.6 is 0 Å². The zero-order chi connectivity index (χ0) is 23.7. The van der Waals surface area contributed by atoms with Crippen LogP contribution in [0.2, 0.25) is 0 Å². The lowest BCUT2D eigenvalue weighted by atomic mass is 10.1. The molecule has 1 unspecified atom stereocenters. The molecule has 6 nitrogen and oxygen atoms in total. The van der Waals surface area contributed by atoms with E-state index in [2.05, 4.69) is 11.5 Å². The van der Waals surface area contributed by atoms with Gasteiger partial charge in [-0.25, -0.2) is 9.18 Å². The van der Waals surface area contributed by atoms with Crippen LogP contribution in [0.5, 0.6) is 5.75 Å². The molecule has 1 N–H and O–H groups in total. The van der Waals surface area contributed by atoms with E-state index in [-0.39, 0.29) is 17.3 Å². The Morgan fingerprint density at radius 2 is 1.75 bits per heavy atom. The van der Waals surface area contributed by atoms with E-state index in [1.54, 1.807) is 30.0 Å². The average Bonchev–Trinajstić information content (AvgIpc) is 2.82. The summed E-state index contributed by atoms with van der Waals surface area (Å²) in [5.74, 6) is -0.887. The smallest absolute Gasteiger partial charge is 0.335 e. The highest BCUT2D eigenvalue weighted by Gasteiger charge is 2.24. The number of ether oxygens (including phenoxy) is 1. The van der Waals surface area contributed by atoms with E-state index in [4.69, 9.17) is 9.84 Å². The van der Waals surface area contributed by atoms with Crippen LogP contribution in [0, 0.1) is 12.7 Å². The summed E-state index contributed by atoms with van der Waals surface area (Å²) in [6.07, 6.45) is 0.870. The number of rotatable bonds is 7. The van der Waals surface area contributed by atoms with Crippen LogP contribution in [0.3, 0.4) is 0 Å². The van der Waals surface area contributed by atoms with Gasteiger partial charge in [0.05, 0.1) is 5.56 Å². The number of nitrogens with zero attached hydrogens (tertiary/aromatic N) is 2. The number of hydrogen-bond acceptors (Lipinski definition) is 4. The molecule has 0 saturated carbocycles. The van der Waals surface area contributed by atoms with Gasteiger partial charge in [0.2, 0.25) is 5.91 Å². The maximum Gasteiger partial charge on any atom is 0.335 e. The Morgan fingerprint density at radius 3 is 2.28 bits per heavy atom. The Hall–Kier alpha value is -3.19. The second kappa shape index (κ2) is 12.0. The molecule has 32 heavy (non-hydrogen) atoms. The number of amides is 1. The fraction of sp³-hybridized carbons (Fsp3) is 0.360. The first-order valence-corrected chi connectivity index (χ1v) is 10.8. The van der Waals surface area contributed by atoms with Crippen molar-refractivity contribution in [3.8, 4) is 5.75 Å². The number of carboxylic acid groups (broad SMARTS) is 1. The normalized spacial score (nSPS) is 14.7. The van der Waals surface area contributed by atoms with Crippen molar-refractivity contribution < 1.29 is 23.8 Å². The van der Waals surface area contributed by atoms with E-state index in [1.807, 2.05) is 19.9 Å². The van der Waals surface area contributed by atoms with Crippen LogP contribution in [0.15, 0.2) is 55.1 Å². The van der Waals surface area contributed by atoms with Gasteiger partial charge in [-0.2, -0.15) is 0 Å². The van der Waals surface area contributed by atoms with Crippen molar-refractivity contribution >= 4 is 11.9 Å². The lowest BCUT2D eigenvalue weighted by molar-refractivity contribution is -0.127. The first kappa shape index (κ1) is 25.1. The largest absolute Gasteiger partial charge is 0.484 e. The number of aryl methyl sites for hydroxylation is 1. The zero-order valence-corrected chi connectivity index (χ0v) is 18.9. The van der Waals surface area contributed by atoms with Crippen molar-refractivity contribution in [1.29, 1.82) is 0 Å². The van der Waals surface area contributed by atoms with Crippen LogP contribution in [-0.4, -0.2) is 59.5 Å². The first-order chi connectivity index (χ1) is 15.4. The summed E-state index contributed by atoms with van der Waals surface area (Å²) in [6.45, 7) is 12.3. The highest BCUT2D eigenvalue weighted by Crippen LogP contribution is 2.25. The molecular formula is C25H31FN2O4. The molecule has 1 heterocycles. The van der Waals surface area contributed by atoms with Gasteiger partial charge >= 0.3 is 5.97 Å². The van der Waals surface area contributed by atoms with Gasteiger partial charge in [0.25, 0.3) is 0 Å². The highest BCUT2D eigenvalue weighted by molar-refractivity contribution is 5.87. The number of carbonyl (C=O) groups is 2. The maximum atomic E-state index is 14.2. The van der Waals surface area contributed by atoms with E-state index in [1.165, 1.54) is 24.3 Å². The number of benzene rings is 2. The summed E-state index contributed by atoms with van der Waals surface area (Å²) in [5.41, 5.74) is 1.42. The molecule has 172 valence electrons. The van der Waals surface area contributed by atoms with E-state index < -0.39 is 12.1 Å². The molecule has 7 heteroatoms. The molecule has 0 aromatic heterocycles. The standard InChI is InChI=1S/C23H25FN2O4.C2H6/c1-3-22(27)26-12-10-25(11-13-26)15-21(18-5-4-16(2)20(24)14-18)30-19-8-6-17(7-9-19)23(28)29;1-2/h3-9,14,21H,1,10-13,15H2,2H3,(H,28,29);1-2H3. The molecule has 0 aliphatic carbocycles. The zero-order valence-electron chi connectivity index (χ0n) is 18.9. The van der Waals surface area contributed by atoms with Crippen LogP contribution in [0.1, 0.15) is 41.4 Å². The molecule has 0 spiro atoms. The molecule has 1 aliphatic rings. The molecule has 1 fully saturated rings. The maximum absolute atomic E-state index is 14.2. The molecule has 2 aromatic rings. The fourth-order valence-electron chi connectivity index (χ4n) is 3.37. The summed E-state index contributed by atoms with van der Waals surface area (Å²) >= 11 is 0. The number of carbonyl (C=O) groups excluding carboxylic acids is 1. The molecule has 3 rings (SSSR count).